The van der Waals surface area contributed by atoms with Crippen molar-refractivity contribution in [2.24, 2.45) is 0 Å². The molecular formula is C14H15N3O4. The van der Waals surface area contributed by atoms with Crippen molar-refractivity contribution in [3.8, 4) is 11.5 Å². The molecule has 0 amide bonds. The van der Waals surface area contributed by atoms with Gasteiger partial charge < -0.3 is 14.8 Å². The Kier molecular flexibility index (Phi) is 3.39. The minimum absolute atomic E-state index is 0.231. The van der Waals surface area contributed by atoms with Gasteiger partial charge in [0.05, 0.1) is 0 Å². The molecule has 7 heteroatoms. The summed E-state index contributed by atoms with van der Waals surface area (Å²) in [5.74, 6) is 1.81. The summed E-state index contributed by atoms with van der Waals surface area (Å²) in [5, 5.41) is 3.02. The Hall–Kier alpha value is -2.70. The Balaban J connectivity index is 1.76. The first-order chi connectivity index (χ1) is 10.2. The molecule has 1 aromatic heterocycles. The van der Waals surface area contributed by atoms with Crippen LogP contribution in [0, 0.1) is 0 Å². The molecule has 0 bridgehead atoms. The zero-order valence-corrected chi connectivity index (χ0v) is 11.5. The van der Waals surface area contributed by atoms with Crippen LogP contribution in [0.2, 0.25) is 0 Å². The Morgan fingerprint density at radius 2 is 2.05 bits per heavy atom. The van der Waals surface area contributed by atoms with Gasteiger partial charge in [-0.15, -0.1) is 0 Å². The van der Waals surface area contributed by atoms with Crippen LogP contribution in [0.5, 0.6) is 11.5 Å². The lowest BCUT2D eigenvalue weighted by Gasteiger charge is -2.08. The lowest BCUT2D eigenvalue weighted by atomic mass is 10.2. The van der Waals surface area contributed by atoms with E-state index in [0.717, 1.165) is 15.9 Å². The summed E-state index contributed by atoms with van der Waals surface area (Å²) in [6.45, 7) is 2.78. The smallest absolute Gasteiger partial charge is 0.329 e. The molecule has 21 heavy (non-hydrogen) atoms. The molecular weight excluding hydrogens is 274 g/mol. The number of ether oxygens (including phenoxy) is 2. The van der Waals surface area contributed by atoms with E-state index in [4.69, 9.17) is 9.47 Å². The van der Waals surface area contributed by atoms with Gasteiger partial charge in [-0.25, -0.2) is 4.79 Å². The highest BCUT2D eigenvalue weighted by molar-refractivity contribution is 5.45. The van der Waals surface area contributed by atoms with Crippen molar-refractivity contribution in [3.63, 3.8) is 0 Å². The number of anilines is 1. The molecule has 1 aromatic carbocycles. The minimum atomic E-state index is -0.418. The number of hydrogen-bond acceptors (Lipinski definition) is 5. The Morgan fingerprint density at radius 1 is 1.24 bits per heavy atom. The number of benzene rings is 1. The Labute approximate surface area is 120 Å². The zero-order chi connectivity index (χ0) is 14.8. The Morgan fingerprint density at radius 3 is 2.81 bits per heavy atom. The summed E-state index contributed by atoms with van der Waals surface area (Å²) in [7, 11) is 0. The van der Waals surface area contributed by atoms with Gasteiger partial charge in [-0.3, -0.25) is 14.3 Å². The van der Waals surface area contributed by atoms with E-state index in [1.807, 2.05) is 18.2 Å². The van der Waals surface area contributed by atoms with E-state index in [-0.39, 0.29) is 12.4 Å². The van der Waals surface area contributed by atoms with Gasteiger partial charge in [0.25, 0.3) is 5.56 Å². The van der Waals surface area contributed by atoms with Gasteiger partial charge in [0.2, 0.25) is 6.79 Å². The third-order valence-corrected chi connectivity index (χ3v) is 3.26. The van der Waals surface area contributed by atoms with Gasteiger partial charge in [0, 0.05) is 19.2 Å². The van der Waals surface area contributed by atoms with Gasteiger partial charge >= 0.3 is 5.69 Å². The van der Waals surface area contributed by atoms with Crippen molar-refractivity contribution in [2.45, 2.75) is 20.0 Å². The van der Waals surface area contributed by atoms with Crippen LogP contribution >= 0.6 is 0 Å². The molecule has 1 aliphatic heterocycles. The molecule has 0 radical (unpaired) electrons. The number of nitrogens with zero attached hydrogens (tertiary/aromatic N) is 1. The largest absolute Gasteiger partial charge is 0.454 e. The lowest BCUT2D eigenvalue weighted by Crippen LogP contribution is -2.34. The first-order valence-corrected chi connectivity index (χ1v) is 6.64. The molecule has 1 aliphatic rings. The number of aromatic amines is 1. The average molecular weight is 289 g/mol. The molecule has 0 aliphatic carbocycles. The zero-order valence-electron chi connectivity index (χ0n) is 11.5. The monoisotopic (exact) mass is 289 g/mol. The molecule has 110 valence electrons. The van der Waals surface area contributed by atoms with Gasteiger partial charge in [-0.2, -0.15) is 0 Å². The van der Waals surface area contributed by atoms with Crippen LogP contribution in [0.4, 0.5) is 5.82 Å². The predicted molar refractivity (Wildman–Crippen MR) is 76.9 cm³/mol. The third-order valence-electron chi connectivity index (χ3n) is 3.26. The highest BCUT2D eigenvalue weighted by Gasteiger charge is 2.13. The molecule has 0 saturated carbocycles. The maximum Gasteiger partial charge on any atom is 0.329 e. The molecule has 0 saturated heterocycles. The molecule has 7 nitrogen and oxygen atoms in total. The number of nitrogens with one attached hydrogen (secondary N) is 2. The molecule has 2 N–H and O–H groups in total. The van der Waals surface area contributed by atoms with E-state index >= 15 is 0 Å². The second kappa shape index (κ2) is 5.35. The number of fused-ring (bicyclic) bond motifs is 1. The fraction of sp³-hybridized carbons (Fsp3) is 0.286. The molecule has 0 fully saturated rings. The normalized spacial score (nSPS) is 12.4. The van der Waals surface area contributed by atoms with Crippen molar-refractivity contribution in [1.29, 1.82) is 0 Å². The van der Waals surface area contributed by atoms with Crippen LogP contribution in [0.15, 0.2) is 33.9 Å². The topological polar surface area (TPSA) is 85.3 Å². The van der Waals surface area contributed by atoms with Crippen molar-refractivity contribution in [2.75, 3.05) is 12.1 Å². The summed E-state index contributed by atoms with van der Waals surface area (Å²) in [5.41, 5.74) is 0.215. The van der Waals surface area contributed by atoms with E-state index < -0.39 is 5.69 Å². The first kappa shape index (κ1) is 13.3. The van der Waals surface area contributed by atoms with Crippen LogP contribution in [0.3, 0.4) is 0 Å². The van der Waals surface area contributed by atoms with Gasteiger partial charge in [0.15, 0.2) is 11.5 Å². The van der Waals surface area contributed by atoms with E-state index in [0.29, 0.717) is 24.7 Å². The Bertz CT molecular complexity index is 747. The standard InChI is InChI=1S/C14H15N3O4/c1-2-17-13(18)6-12(16-14(17)19)15-7-9-3-4-10-11(5-9)21-8-20-10/h3-6,15H,2,7-8H2,1H3,(H,16,19). The summed E-state index contributed by atoms with van der Waals surface area (Å²) in [6, 6.07) is 6.96. The second-order valence-corrected chi connectivity index (χ2v) is 4.61. The van der Waals surface area contributed by atoms with E-state index in [1.54, 1.807) is 6.92 Å². The van der Waals surface area contributed by atoms with Gasteiger partial charge in [-0.1, -0.05) is 6.07 Å². The van der Waals surface area contributed by atoms with Crippen molar-refractivity contribution >= 4 is 5.82 Å². The predicted octanol–water partition coefficient (Wildman–Crippen LogP) is 0.897. The fourth-order valence-corrected chi connectivity index (χ4v) is 2.16. The van der Waals surface area contributed by atoms with Crippen LogP contribution in [-0.2, 0) is 13.1 Å². The molecule has 2 aromatic rings. The number of rotatable bonds is 4. The van der Waals surface area contributed by atoms with Gasteiger partial charge in [-0.05, 0) is 24.6 Å². The number of hydrogen-bond donors (Lipinski definition) is 2. The van der Waals surface area contributed by atoms with E-state index in [9.17, 15) is 9.59 Å². The molecule has 0 atom stereocenters. The maximum absolute atomic E-state index is 11.7. The summed E-state index contributed by atoms with van der Waals surface area (Å²) < 4.78 is 11.7. The molecule has 3 rings (SSSR count). The van der Waals surface area contributed by atoms with Crippen LogP contribution in [0.25, 0.3) is 0 Å². The molecule has 0 spiro atoms. The second-order valence-electron chi connectivity index (χ2n) is 4.61. The first-order valence-electron chi connectivity index (χ1n) is 6.64. The van der Waals surface area contributed by atoms with Crippen LogP contribution in [0.1, 0.15) is 12.5 Å². The van der Waals surface area contributed by atoms with Crippen LogP contribution < -0.4 is 26.0 Å². The highest BCUT2D eigenvalue weighted by atomic mass is 16.7. The summed E-state index contributed by atoms with van der Waals surface area (Å²) >= 11 is 0. The van der Waals surface area contributed by atoms with Crippen molar-refractivity contribution in [3.05, 3.63) is 50.7 Å². The van der Waals surface area contributed by atoms with E-state index in [1.165, 1.54) is 6.07 Å². The van der Waals surface area contributed by atoms with Crippen molar-refractivity contribution in [1.82, 2.24) is 9.55 Å². The average Bonchev–Trinajstić information content (AvgIpc) is 2.92. The van der Waals surface area contributed by atoms with Crippen LogP contribution in [-0.4, -0.2) is 16.3 Å². The SMILES string of the molecule is CCn1c(=O)cc(NCc2ccc3c(c2)OCO3)[nH]c1=O. The maximum atomic E-state index is 11.7. The quantitative estimate of drug-likeness (QED) is 0.873. The molecule has 0 unspecified atom stereocenters. The number of H-pyrrole nitrogens is 1. The highest BCUT2D eigenvalue weighted by Crippen LogP contribution is 2.32. The fourth-order valence-electron chi connectivity index (χ4n) is 2.16. The minimum Gasteiger partial charge on any atom is -0.454 e. The van der Waals surface area contributed by atoms with E-state index in [2.05, 4.69) is 10.3 Å². The number of aromatic nitrogens is 2. The third kappa shape index (κ3) is 2.62. The molecule has 2 heterocycles. The summed E-state index contributed by atoms with van der Waals surface area (Å²) in [6.07, 6.45) is 0. The summed E-state index contributed by atoms with van der Waals surface area (Å²) in [4.78, 5) is 26.0. The van der Waals surface area contributed by atoms with Crippen molar-refractivity contribution < 1.29 is 9.47 Å². The van der Waals surface area contributed by atoms with Gasteiger partial charge in [0.1, 0.15) is 5.82 Å². The lowest BCUT2D eigenvalue weighted by molar-refractivity contribution is 0.174.